The van der Waals surface area contributed by atoms with Gasteiger partial charge in [-0.05, 0) is 216 Å². The zero-order valence-electron chi connectivity index (χ0n) is 62.7. The Labute approximate surface area is 670 Å². The summed E-state index contributed by atoms with van der Waals surface area (Å²) < 4.78 is 32.7. The van der Waals surface area contributed by atoms with E-state index in [9.17, 15) is 15.0 Å². The maximum atomic E-state index is 11.0. The first-order valence-electron chi connectivity index (χ1n) is 37.6. The number of nitrogens with two attached hydrogens (primary N) is 7. The van der Waals surface area contributed by atoms with E-state index in [4.69, 9.17) is 64.1 Å². The summed E-state index contributed by atoms with van der Waals surface area (Å²) in [4.78, 5) is 69.4. The molecular weight excluding hydrogens is 1520 g/mol. The van der Waals surface area contributed by atoms with Crippen molar-refractivity contribution in [1.29, 1.82) is 0 Å². The van der Waals surface area contributed by atoms with Gasteiger partial charge >= 0.3 is 0 Å². The van der Waals surface area contributed by atoms with Gasteiger partial charge in [-0.25, -0.2) is 64.8 Å². The van der Waals surface area contributed by atoms with Crippen LogP contribution in [0.4, 0.5) is 40.7 Å². The Kier molecular flexibility index (Phi) is 20.6. The molecule has 5 saturated carbocycles. The SMILES string of the molecule is C.C.C=C[C@@]12C[C@@H]1[C@@H](n1ccc3c(N)ncnc31)[C@@H]1OC(C)(C)O[C@@H]12.CC[C@]1(CCc2ccc3ccc(N)nc3n2)C[C@@H](n2ccc3c(N)ncnc32)[C@@H]2OC(C)(C)O[C@@H]21.Nc1ccc2ccc(=O)[nH]c2n1.Nc1ccc2ccc(Br)nc2n1.Nc1ccc2ccc(CC[C@@]34CC3[C@@H](n3ccc5c(N)ncnc53)[C@H](O)[C@@H]4O)nc2n1. The van der Waals surface area contributed by atoms with Crippen LogP contribution < -0.4 is 45.7 Å². The van der Waals surface area contributed by atoms with Crippen LogP contribution >= 0.6 is 15.9 Å². The highest BCUT2D eigenvalue weighted by molar-refractivity contribution is 9.10. The largest absolute Gasteiger partial charge is 0.390 e. The highest BCUT2D eigenvalue weighted by Crippen LogP contribution is 2.73. The smallest absolute Gasteiger partial charge is 0.249 e. The van der Waals surface area contributed by atoms with E-state index < -0.39 is 23.8 Å². The molecule has 32 heteroatoms. The summed E-state index contributed by atoms with van der Waals surface area (Å²) >= 11 is 3.27. The number of hydrogen-bond donors (Lipinski definition) is 10. The minimum absolute atomic E-state index is 0. The van der Waals surface area contributed by atoms with E-state index >= 15 is 0 Å². The lowest BCUT2D eigenvalue weighted by atomic mass is 9.76. The molecule has 17 N–H and O–H groups in total. The molecule has 14 aromatic rings. The Morgan fingerprint density at radius 3 is 1.52 bits per heavy atom. The lowest BCUT2D eigenvalue weighted by molar-refractivity contribution is -0.170. The lowest BCUT2D eigenvalue weighted by Crippen LogP contribution is -2.36. The summed E-state index contributed by atoms with van der Waals surface area (Å²) in [6.07, 6.45) is 17.8. The molecule has 0 bridgehead atoms. The maximum absolute atomic E-state index is 11.0. The zero-order chi connectivity index (χ0) is 78.8. The van der Waals surface area contributed by atoms with E-state index in [1.807, 2.05) is 111 Å². The van der Waals surface area contributed by atoms with E-state index in [1.54, 1.807) is 30.3 Å². The number of nitrogens with one attached hydrogen (secondary N) is 1. The summed E-state index contributed by atoms with van der Waals surface area (Å²) in [5.74, 6) is 2.67. The molecule has 0 amide bonds. The van der Waals surface area contributed by atoms with Gasteiger partial charge in [-0.2, -0.15) is 0 Å². The fraction of sp³-hybridized carbons (Fsp3) is 0.373. The molecule has 0 aromatic carbocycles. The molecule has 596 valence electrons. The summed E-state index contributed by atoms with van der Waals surface area (Å²) in [5, 5.41) is 28.2. The van der Waals surface area contributed by atoms with Crippen LogP contribution in [0.1, 0.15) is 118 Å². The maximum Gasteiger partial charge on any atom is 0.249 e. The summed E-state index contributed by atoms with van der Waals surface area (Å²) in [5.41, 5.74) is 47.0. The van der Waals surface area contributed by atoms with Gasteiger partial charge in [0, 0.05) is 73.8 Å². The van der Waals surface area contributed by atoms with E-state index in [0.29, 0.717) is 81.3 Å². The molecule has 14 atom stereocenters. The molecule has 0 radical (unpaired) electrons. The number of aromatic nitrogens is 17. The molecular formula is C83H95BrN24O7. The monoisotopic (exact) mass is 1620 g/mol. The standard InChI is InChI=1S/C26H31N7O2.C22H23N7O2.C17H20N4O2.C8H6BrN3.C8H7N3O.2CH4/c1-4-26(11-9-16-7-5-15-6-8-19(27)32-23(15)31-16)13-18(20-21(26)35-25(2,3)34-20)33-12-10-17-22(28)29-14-30-24(17)33;23-15-4-2-11-1-3-12(27-20(11)28-15)5-7-22-9-14(22)16(17(30)18(22)31)29-8-6-13-19(24)25-10-26-21(13)29;1-4-17-7-10(17)11(12-13(17)23-16(2,3)22-12)21-6-5-9-14(18)19-8-20-15(9)21;9-6-3-1-5-2-4-7(10)12-8(5)11-6;9-6-3-1-5-2-4-7(12)11-8(5)10-6;;/h5-8,10,12,14,18,20-21H,4,9,11,13H2,1-3H3,(H2,27,31,32)(H2,28,29,30);1-4,6,8,10,14,16-18,30-31H,5,7,9H2,(H2,23,27,28)(H2,24,25,26);4-6,8,10-13H,1,7H2,2-3H3,(H2,18,19,20);1-4H,(H2,10,11,12);1-4H,(H3,9,10,11,12);2*1H4/t18-,20+,21+,26+;14?,16-,17+,18+,22-;10-,11-,12+,13+,17-;;;;/m111..../s1. The Hall–Kier alpha value is -11.5. The van der Waals surface area contributed by atoms with Gasteiger partial charge in [0.05, 0.1) is 52.6 Å². The quantitative estimate of drug-likeness (QED) is 0.0425. The van der Waals surface area contributed by atoms with Gasteiger partial charge in [0.2, 0.25) is 5.56 Å². The average molecular weight is 1620 g/mol. The summed E-state index contributed by atoms with van der Waals surface area (Å²) in [6, 6.07) is 35.6. The lowest BCUT2D eigenvalue weighted by Gasteiger charge is -2.34. The van der Waals surface area contributed by atoms with Crippen LogP contribution in [-0.2, 0) is 31.8 Å². The predicted molar refractivity (Wildman–Crippen MR) is 448 cm³/mol. The second-order valence-corrected chi connectivity index (χ2v) is 32.2. The van der Waals surface area contributed by atoms with Crippen LogP contribution in [0.2, 0.25) is 0 Å². The second-order valence-electron chi connectivity index (χ2n) is 31.4. The number of rotatable bonds is 11. The minimum Gasteiger partial charge on any atom is -0.390 e. The number of anilines is 7. The summed E-state index contributed by atoms with van der Waals surface area (Å²) in [6.45, 7) is 14.3. The molecule has 14 aromatic heterocycles. The number of aliphatic hydroxyl groups is 2. The second kappa shape index (κ2) is 30.0. The van der Waals surface area contributed by atoms with Crippen LogP contribution in [0.3, 0.4) is 0 Å². The van der Waals surface area contributed by atoms with Gasteiger partial charge < -0.3 is 88.0 Å². The molecule has 115 heavy (non-hydrogen) atoms. The van der Waals surface area contributed by atoms with E-state index in [1.165, 1.54) is 25.0 Å². The number of ether oxygens (including phenoxy) is 4. The zero-order valence-corrected chi connectivity index (χ0v) is 64.3. The average Bonchev–Trinajstić information content (AvgIpc) is 1.49. The van der Waals surface area contributed by atoms with Gasteiger partial charge in [0.1, 0.15) is 105 Å². The molecule has 7 fully saturated rings. The number of hydrogen-bond acceptors (Lipinski definition) is 27. The van der Waals surface area contributed by atoms with Crippen molar-refractivity contribution >= 4 is 134 Å². The Balaban J connectivity index is 0.000000119. The fourth-order valence-electron chi connectivity index (χ4n) is 18.3. The third-order valence-electron chi connectivity index (χ3n) is 23.9. The first-order chi connectivity index (χ1) is 54.2. The molecule has 16 heterocycles. The van der Waals surface area contributed by atoms with Crippen molar-refractivity contribution in [3.05, 3.63) is 192 Å². The predicted octanol–water partition coefficient (Wildman–Crippen LogP) is 11.5. The van der Waals surface area contributed by atoms with Gasteiger partial charge in [-0.15, -0.1) is 6.58 Å². The third-order valence-corrected chi connectivity index (χ3v) is 24.4. The highest BCUT2D eigenvalue weighted by atomic mass is 79.9. The number of H-pyrrole nitrogens is 1. The number of aryl methyl sites for hydroxylation is 2. The number of aromatic amines is 1. The van der Waals surface area contributed by atoms with Crippen LogP contribution in [0.25, 0.3) is 77.2 Å². The number of aliphatic hydroxyl groups excluding tert-OH is 2. The van der Waals surface area contributed by atoms with Crippen LogP contribution in [0.5, 0.6) is 0 Å². The van der Waals surface area contributed by atoms with Crippen molar-refractivity contribution in [3.8, 4) is 0 Å². The van der Waals surface area contributed by atoms with Crippen molar-refractivity contribution < 1.29 is 29.2 Å². The van der Waals surface area contributed by atoms with Gasteiger partial charge in [0.25, 0.3) is 0 Å². The molecule has 31 nitrogen and oxygen atoms in total. The molecule has 21 rings (SSSR count). The third kappa shape index (κ3) is 14.4. The van der Waals surface area contributed by atoms with Gasteiger partial charge in [-0.1, -0.05) is 27.9 Å². The van der Waals surface area contributed by atoms with E-state index in [2.05, 4.69) is 128 Å². The van der Waals surface area contributed by atoms with Gasteiger partial charge in [0.15, 0.2) is 28.5 Å². The van der Waals surface area contributed by atoms with Crippen LogP contribution in [-0.4, -0.2) is 142 Å². The van der Waals surface area contributed by atoms with Crippen molar-refractivity contribution in [1.82, 2.24) is 83.5 Å². The van der Waals surface area contributed by atoms with Crippen LogP contribution in [0.15, 0.2) is 175 Å². The molecule has 7 aliphatic rings. The fourth-order valence-corrected chi connectivity index (χ4v) is 18.6. The number of nitrogen functional groups attached to an aromatic ring is 7. The van der Waals surface area contributed by atoms with Gasteiger partial charge in [-0.3, -0.25) is 4.79 Å². The Morgan fingerprint density at radius 2 is 0.974 bits per heavy atom. The minimum atomic E-state index is -0.864. The van der Waals surface area contributed by atoms with Crippen molar-refractivity contribution in [3.63, 3.8) is 0 Å². The normalized spacial score (nSPS) is 26.5. The van der Waals surface area contributed by atoms with Crippen molar-refractivity contribution in [2.45, 2.75) is 167 Å². The molecule has 1 unspecified atom stereocenters. The number of fused-ring (bicyclic) bond motifs is 12. The number of halogens is 1. The van der Waals surface area contributed by atoms with Crippen LogP contribution in [0, 0.1) is 28.1 Å². The molecule has 0 spiro atoms. The first-order valence-corrected chi connectivity index (χ1v) is 38.4. The Morgan fingerprint density at radius 1 is 0.513 bits per heavy atom. The number of nitrogens with zero attached hydrogens (tertiary/aromatic N) is 16. The van der Waals surface area contributed by atoms with Crippen molar-refractivity contribution in [2.24, 2.45) is 28.1 Å². The number of pyridine rings is 8. The highest BCUT2D eigenvalue weighted by Gasteiger charge is 2.75. The Bertz CT molecular complexity index is 6060. The molecule has 2 saturated heterocycles. The first kappa shape index (κ1) is 78.7. The van der Waals surface area contributed by atoms with E-state index in [0.717, 1.165) is 110 Å². The summed E-state index contributed by atoms with van der Waals surface area (Å²) in [7, 11) is 0. The topological polar surface area (TPSA) is 475 Å². The molecule has 5 aliphatic carbocycles. The van der Waals surface area contributed by atoms with Crippen molar-refractivity contribution in [2.75, 3.05) is 40.1 Å². The van der Waals surface area contributed by atoms with E-state index in [-0.39, 0.29) is 85.1 Å². The molecule has 2 aliphatic heterocycles.